The summed E-state index contributed by atoms with van der Waals surface area (Å²) in [4.78, 5) is 14.8. The lowest BCUT2D eigenvalue weighted by atomic mass is 10.1. The van der Waals surface area contributed by atoms with Crippen LogP contribution in [0.25, 0.3) is 5.69 Å². The third kappa shape index (κ3) is 3.17. The van der Waals surface area contributed by atoms with Crippen LogP contribution in [-0.4, -0.2) is 37.4 Å². The van der Waals surface area contributed by atoms with E-state index in [1.807, 2.05) is 58.0 Å². The lowest BCUT2D eigenvalue weighted by Gasteiger charge is -2.20. The second-order valence-corrected chi connectivity index (χ2v) is 5.91. The topological polar surface area (TPSA) is 77.1 Å². The minimum Gasteiger partial charge on any atom is -0.333 e. The zero-order valence-electron chi connectivity index (χ0n) is 14.9. The number of carbonyl (C=O) groups is 1. The number of hydrogen-bond donors (Lipinski definition) is 0. The van der Waals surface area contributed by atoms with Crippen LogP contribution in [0.3, 0.4) is 0 Å². The highest BCUT2D eigenvalue weighted by Crippen LogP contribution is 2.20. The molecule has 0 atom stereocenters. The largest absolute Gasteiger partial charge is 0.333 e. The first-order valence-corrected chi connectivity index (χ1v) is 8.21. The van der Waals surface area contributed by atoms with E-state index in [0.29, 0.717) is 35.7 Å². The van der Waals surface area contributed by atoms with Crippen LogP contribution in [0.2, 0.25) is 0 Å². The van der Waals surface area contributed by atoms with E-state index in [0.717, 1.165) is 11.4 Å². The Hall–Kier alpha value is -2.96. The molecule has 0 aliphatic carbocycles. The summed E-state index contributed by atoms with van der Waals surface area (Å²) < 4.78 is 6.54. The van der Waals surface area contributed by atoms with E-state index in [2.05, 4.69) is 15.4 Å². The maximum atomic E-state index is 13.1. The van der Waals surface area contributed by atoms with Gasteiger partial charge in [-0.3, -0.25) is 4.79 Å². The van der Waals surface area contributed by atoms with Gasteiger partial charge in [-0.25, -0.2) is 9.31 Å². The van der Waals surface area contributed by atoms with Crippen LogP contribution in [-0.2, 0) is 6.54 Å². The lowest BCUT2D eigenvalue weighted by molar-refractivity contribution is 0.0747. The van der Waals surface area contributed by atoms with Gasteiger partial charge in [-0.15, -0.1) is 0 Å². The van der Waals surface area contributed by atoms with Crippen molar-refractivity contribution >= 4 is 5.91 Å². The first-order chi connectivity index (χ1) is 12.0. The minimum absolute atomic E-state index is 0.0675. The predicted octanol–water partition coefficient (Wildman–Crippen LogP) is 2.84. The summed E-state index contributed by atoms with van der Waals surface area (Å²) >= 11 is 0. The van der Waals surface area contributed by atoms with Gasteiger partial charge in [0, 0.05) is 6.54 Å². The Kier molecular flexibility index (Phi) is 4.65. The van der Waals surface area contributed by atoms with Crippen molar-refractivity contribution in [1.29, 1.82) is 0 Å². The van der Waals surface area contributed by atoms with E-state index >= 15 is 0 Å². The highest BCUT2D eigenvalue weighted by molar-refractivity contribution is 5.96. The fourth-order valence-corrected chi connectivity index (χ4v) is 2.83. The van der Waals surface area contributed by atoms with Crippen LogP contribution in [0.15, 0.2) is 35.0 Å². The third-order valence-electron chi connectivity index (χ3n) is 4.26. The molecule has 0 bridgehead atoms. The maximum Gasteiger partial charge on any atom is 0.257 e. The molecule has 130 valence electrons. The Morgan fingerprint density at radius 2 is 1.84 bits per heavy atom. The molecular weight excluding hydrogens is 318 g/mol. The first kappa shape index (κ1) is 16.9. The van der Waals surface area contributed by atoms with Gasteiger partial charge >= 0.3 is 0 Å². The zero-order chi connectivity index (χ0) is 18.0. The van der Waals surface area contributed by atoms with E-state index in [-0.39, 0.29) is 5.91 Å². The van der Waals surface area contributed by atoms with Gasteiger partial charge in [-0.05, 0) is 39.8 Å². The Morgan fingerprint density at radius 3 is 2.44 bits per heavy atom. The summed E-state index contributed by atoms with van der Waals surface area (Å²) in [6, 6.07) is 9.79. The van der Waals surface area contributed by atoms with Gasteiger partial charge in [-0.1, -0.05) is 28.5 Å². The number of amides is 1. The number of para-hydroxylation sites is 1. The highest BCUT2D eigenvalue weighted by atomic mass is 16.6. The molecule has 2 heterocycles. The molecule has 0 saturated heterocycles. The maximum absolute atomic E-state index is 13.1. The summed E-state index contributed by atoms with van der Waals surface area (Å²) in [5, 5.41) is 12.2. The Balaban J connectivity index is 1.94. The van der Waals surface area contributed by atoms with Crippen LogP contribution in [0, 0.1) is 20.8 Å². The monoisotopic (exact) mass is 339 g/mol. The number of aromatic nitrogens is 4. The van der Waals surface area contributed by atoms with Gasteiger partial charge in [0.05, 0.1) is 29.2 Å². The number of carbonyl (C=O) groups excluding carboxylic acids is 1. The van der Waals surface area contributed by atoms with Gasteiger partial charge < -0.3 is 4.90 Å². The molecule has 3 rings (SSSR count). The molecule has 0 aliphatic heterocycles. The van der Waals surface area contributed by atoms with Crippen molar-refractivity contribution in [2.45, 2.75) is 34.2 Å². The average Bonchev–Trinajstić information content (AvgIpc) is 3.15. The molecule has 25 heavy (non-hydrogen) atoms. The molecule has 7 nitrogen and oxygen atoms in total. The fraction of sp³-hybridized carbons (Fsp3) is 0.333. The highest BCUT2D eigenvalue weighted by Gasteiger charge is 2.24. The Morgan fingerprint density at radius 1 is 1.12 bits per heavy atom. The number of aryl methyl sites for hydroxylation is 2. The van der Waals surface area contributed by atoms with Gasteiger partial charge in [0.15, 0.2) is 0 Å². The summed E-state index contributed by atoms with van der Waals surface area (Å²) in [6.45, 7) is 8.44. The van der Waals surface area contributed by atoms with Gasteiger partial charge in [0.1, 0.15) is 11.4 Å². The van der Waals surface area contributed by atoms with Crippen molar-refractivity contribution < 1.29 is 9.42 Å². The third-order valence-corrected chi connectivity index (χ3v) is 4.26. The first-order valence-electron chi connectivity index (χ1n) is 8.21. The van der Waals surface area contributed by atoms with E-state index in [9.17, 15) is 4.79 Å². The fourth-order valence-electron chi connectivity index (χ4n) is 2.83. The summed E-state index contributed by atoms with van der Waals surface area (Å²) in [7, 11) is 0. The average molecular weight is 339 g/mol. The second-order valence-electron chi connectivity index (χ2n) is 5.91. The van der Waals surface area contributed by atoms with Crippen molar-refractivity contribution in [3.05, 3.63) is 58.7 Å². The molecule has 0 unspecified atom stereocenters. The van der Waals surface area contributed by atoms with Gasteiger partial charge in [0.2, 0.25) is 0 Å². The van der Waals surface area contributed by atoms with Crippen LogP contribution < -0.4 is 0 Å². The van der Waals surface area contributed by atoms with Crippen molar-refractivity contribution in [2.24, 2.45) is 0 Å². The van der Waals surface area contributed by atoms with E-state index in [4.69, 9.17) is 4.63 Å². The summed E-state index contributed by atoms with van der Waals surface area (Å²) in [6.07, 6.45) is 0. The molecule has 0 radical (unpaired) electrons. The molecular formula is C18H21N5O2. The molecule has 7 heteroatoms. The van der Waals surface area contributed by atoms with Gasteiger partial charge in [0.25, 0.3) is 5.91 Å². The van der Waals surface area contributed by atoms with Crippen molar-refractivity contribution in [3.8, 4) is 5.69 Å². The minimum atomic E-state index is -0.0675. The molecule has 0 aliphatic rings. The summed E-state index contributed by atoms with van der Waals surface area (Å²) in [5.74, 6) is -0.0675. The van der Waals surface area contributed by atoms with E-state index in [1.165, 1.54) is 0 Å². The Labute approximate surface area is 146 Å². The van der Waals surface area contributed by atoms with Crippen LogP contribution in [0.1, 0.15) is 40.1 Å². The zero-order valence-corrected chi connectivity index (χ0v) is 14.9. The second kappa shape index (κ2) is 6.88. The summed E-state index contributed by atoms with van der Waals surface area (Å²) in [5.41, 5.74) is 4.45. The molecule has 0 saturated carbocycles. The van der Waals surface area contributed by atoms with Crippen LogP contribution in [0.4, 0.5) is 0 Å². The number of nitrogens with zero attached hydrogens (tertiary/aromatic N) is 5. The number of hydrogen-bond acceptors (Lipinski definition) is 5. The molecule has 3 aromatic rings. The molecule has 0 spiro atoms. The normalized spacial score (nSPS) is 10.9. The SMILES string of the molecule is CCN(Cc1nonc1C)C(=O)c1c(C)nn(-c2ccccc2)c1C. The van der Waals surface area contributed by atoms with Crippen molar-refractivity contribution in [1.82, 2.24) is 25.0 Å². The lowest BCUT2D eigenvalue weighted by Crippen LogP contribution is -2.31. The van der Waals surface area contributed by atoms with Crippen LogP contribution >= 0.6 is 0 Å². The quantitative estimate of drug-likeness (QED) is 0.714. The Bertz CT molecular complexity index is 882. The molecule has 2 aromatic heterocycles. The van der Waals surface area contributed by atoms with E-state index in [1.54, 1.807) is 9.58 Å². The number of benzene rings is 1. The van der Waals surface area contributed by atoms with Crippen molar-refractivity contribution in [3.63, 3.8) is 0 Å². The predicted molar refractivity (Wildman–Crippen MR) is 92.5 cm³/mol. The molecule has 1 amide bonds. The van der Waals surface area contributed by atoms with Crippen molar-refractivity contribution in [2.75, 3.05) is 6.54 Å². The number of rotatable bonds is 5. The standard InChI is InChI=1S/C18H21N5O2/c1-5-22(11-16-12(2)20-25-21-16)18(24)17-13(3)19-23(14(17)4)15-9-7-6-8-10-15/h6-10H,5,11H2,1-4H3. The van der Waals surface area contributed by atoms with Gasteiger partial charge in [-0.2, -0.15) is 5.10 Å². The van der Waals surface area contributed by atoms with E-state index < -0.39 is 0 Å². The molecule has 0 fully saturated rings. The van der Waals surface area contributed by atoms with Crippen LogP contribution in [0.5, 0.6) is 0 Å². The molecule has 1 aromatic carbocycles. The smallest absolute Gasteiger partial charge is 0.257 e. The molecule has 0 N–H and O–H groups in total.